The molecule has 0 heterocycles. The molecule has 9 heteroatoms. The van der Waals surface area contributed by atoms with E-state index >= 15 is 0 Å². The molecule has 0 saturated heterocycles. The summed E-state index contributed by atoms with van der Waals surface area (Å²) in [5.74, 6) is 0.962. The van der Waals surface area contributed by atoms with Gasteiger partial charge in [0, 0.05) is 26.3 Å². The maximum absolute atomic E-state index is 12.6. The SMILES string of the molecule is CCOC(OCC)C(CCCCN=C(C)N)NC(=O)C(N)CCCCN=C(C)N. The van der Waals surface area contributed by atoms with Gasteiger partial charge in [0.25, 0.3) is 0 Å². The first kappa shape index (κ1) is 27.3. The Balaban J connectivity index is 4.65. The zero-order valence-electron chi connectivity index (χ0n) is 18.7. The van der Waals surface area contributed by atoms with Crippen molar-refractivity contribution in [2.24, 2.45) is 27.2 Å². The highest BCUT2D eigenvalue weighted by Crippen LogP contribution is 2.12. The van der Waals surface area contributed by atoms with E-state index in [0.717, 1.165) is 25.7 Å². The molecule has 2 atom stereocenters. The third kappa shape index (κ3) is 14.9. The molecule has 170 valence electrons. The third-order valence-corrected chi connectivity index (χ3v) is 4.22. The molecular weight excluding hydrogens is 372 g/mol. The van der Waals surface area contributed by atoms with E-state index in [4.69, 9.17) is 26.7 Å². The minimum Gasteiger partial charge on any atom is -0.388 e. The fourth-order valence-electron chi connectivity index (χ4n) is 2.77. The summed E-state index contributed by atoms with van der Waals surface area (Å²) in [6.45, 7) is 9.66. The Bertz CT molecular complexity index is 485. The topological polar surface area (TPSA) is 150 Å². The fraction of sp³-hybridized carbons (Fsp3) is 0.850. The standard InChI is InChI=1S/C20H42N6O3/c1-5-28-20(29-6-2)18(12-8-10-14-25-16(4)22)26-19(27)17(23)11-7-9-13-24-15(3)21/h17-18,20H,5-14,23H2,1-4H3,(H2,21,24)(H2,22,25)(H,26,27). The molecule has 0 aliphatic carbocycles. The first-order chi connectivity index (χ1) is 13.8. The second-order valence-electron chi connectivity index (χ2n) is 7.04. The van der Waals surface area contributed by atoms with Crippen molar-refractivity contribution >= 4 is 17.6 Å². The summed E-state index contributed by atoms with van der Waals surface area (Å²) in [7, 11) is 0. The minimum absolute atomic E-state index is 0.186. The van der Waals surface area contributed by atoms with Gasteiger partial charge in [-0.3, -0.25) is 14.8 Å². The quantitative estimate of drug-likeness (QED) is 0.122. The van der Waals surface area contributed by atoms with Gasteiger partial charge in [0.1, 0.15) is 0 Å². The maximum atomic E-state index is 12.6. The van der Waals surface area contributed by atoms with Gasteiger partial charge in [0.15, 0.2) is 6.29 Å². The Morgan fingerprint density at radius 1 is 0.897 bits per heavy atom. The highest BCUT2D eigenvalue weighted by atomic mass is 16.7. The predicted octanol–water partition coefficient (Wildman–Crippen LogP) is 1.29. The van der Waals surface area contributed by atoms with E-state index in [1.54, 1.807) is 13.8 Å². The summed E-state index contributed by atoms with van der Waals surface area (Å²) in [4.78, 5) is 20.9. The number of unbranched alkanes of at least 4 members (excludes halogenated alkanes) is 2. The molecule has 0 aromatic heterocycles. The molecule has 7 N–H and O–H groups in total. The first-order valence-electron chi connectivity index (χ1n) is 10.6. The van der Waals surface area contributed by atoms with Gasteiger partial charge >= 0.3 is 0 Å². The molecule has 2 unspecified atom stereocenters. The van der Waals surface area contributed by atoms with Crippen molar-refractivity contribution in [1.29, 1.82) is 0 Å². The monoisotopic (exact) mass is 414 g/mol. The molecule has 0 saturated carbocycles. The minimum atomic E-state index is -0.575. The lowest BCUT2D eigenvalue weighted by Gasteiger charge is -2.28. The summed E-state index contributed by atoms with van der Waals surface area (Å²) in [5.41, 5.74) is 17.2. The van der Waals surface area contributed by atoms with Crippen LogP contribution in [0.25, 0.3) is 0 Å². The van der Waals surface area contributed by atoms with Crippen LogP contribution < -0.4 is 22.5 Å². The van der Waals surface area contributed by atoms with Crippen LogP contribution in [0.3, 0.4) is 0 Å². The second kappa shape index (κ2) is 17.2. The molecule has 0 rings (SSSR count). The number of nitrogens with one attached hydrogen (secondary N) is 1. The number of aliphatic imine (C=N–C) groups is 2. The molecule has 0 fully saturated rings. The zero-order chi connectivity index (χ0) is 22.1. The molecule has 0 radical (unpaired) electrons. The fourth-order valence-corrected chi connectivity index (χ4v) is 2.77. The Morgan fingerprint density at radius 3 is 1.83 bits per heavy atom. The number of nitrogens with two attached hydrogens (primary N) is 3. The van der Waals surface area contributed by atoms with Crippen LogP contribution in [0.15, 0.2) is 9.98 Å². The Hall–Kier alpha value is -1.71. The molecule has 29 heavy (non-hydrogen) atoms. The summed E-state index contributed by atoms with van der Waals surface area (Å²) in [6, 6.07) is -0.838. The summed E-state index contributed by atoms with van der Waals surface area (Å²) in [6.07, 6.45) is 4.21. The van der Waals surface area contributed by atoms with Crippen molar-refractivity contribution in [3.63, 3.8) is 0 Å². The lowest BCUT2D eigenvalue weighted by molar-refractivity contribution is -0.159. The van der Waals surface area contributed by atoms with Crippen molar-refractivity contribution < 1.29 is 14.3 Å². The number of ether oxygens (including phenoxy) is 2. The average molecular weight is 415 g/mol. The van der Waals surface area contributed by atoms with Gasteiger partial charge in [-0.2, -0.15) is 0 Å². The van der Waals surface area contributed by atoms with Gasteiger partial charge in [-0.15, -0.1) is 0 Å². The molecule has 0 aliphatic rings. The van der Waals surface area contributed by atoms with Crippen LogP contribution in [0.5, 0.6) is 0 Å². The molecule has 9 nitrogen and oxygen atoms in total. The number of hydrogen-bond donors (Lipinski definition) is 4. The molecular formula is C20H42N6O3. The van der Waals surface area contributed by atoms with Gasteiger partial charge in [-0.25, -0.2) is 0 Å². The molecule has 0 aromatic rings. The van der Waals surface area contributed by atoms with Crippen LogP contribution in [0, 0.1) is 0 Å². The largest absolute Gasteiger partial charge is 0.388 e. The van der Waals surface area contributed by atoms with Crippen molar-refractivity contribution in [2.75, 3.05) is 26.3 Å². The first-order valence-corrected chi connectivity index (χ1v) is 10.6. The van der Waals surface area contributed by atoms with Crippen molar-refractivity contribution in [1.82, 2.24) is 5.32 Å². The van der Waals surface area contributed by atoms with Crippen LogP contribution >= 0.6 is 0 Å². The van der Waals surface area contributed by atoms with Crippen molar-refractivity contribution in [2.45, 2.75) is 84.6 Å². The number of hydrogen-bond acceptors (Lipinski definition) is 6. The van der Waals surface area contributed by atoms with E-state index in [-0.39, 0.29) is 11.9 Å². The van der Waals surface area contributed by atoms with Gasteiger partial charge in [0.05, 0.1) is 23.8 Å². The van der Waals surface area contributed by atoms with Crippen LogP contribution in [-0.4, -0.2) is 62.3 Å². The van der Waals surface area contributed by atoms with Crippen LogP contribution in [0.1, 0.15) is 66.2 Å². The third-order valence-electron chi connectivity index (χ3n) is 4.22. The average Bonchev–Trinajstić information content (AvgIpc) is 2.65. The summed E-state index contributed by atoms with van der Waals surface area (Å²) in [5, 5.41) is 3.02. The highest BCUT2D eigenvalue weighted by Gasteiger charge is 2.26. The second-order valence-corrected chi connectivity index (χ2v) is 7.04. The van der Waals surface area contributed by atoms with Crippen LogP contribution in [0.4, 0.5) is 0 Å². The number of nitrogens with zero attached hydrogens (tertiary/aromatic N) is 2. The van der Waals surface area contributed by atoms with E-state index in [2.05, 4.69) is 15.3 Å². The normalized spacial score (nSPS) is 14.8. The molecule has 0 spiro atoms. The van der Waals surface area contributed by atoms with Gasteiger partial charge in [0.2, 0.25) is 5.91 Å². The van der Waals surface area contributed by atoms with E-state index in [0.29, 0.717) is 50.8 Å². The molecule has 0 bridgehead atoms. The van der Waals surface area contributed by atoms with E-state index in [9.17, 15) is 4.79 Å². The zero-order valence-corrected chi connectivity index (χ0v) is 18.7. The Labute approximate surface area is 175 Å². The molecule has 1 amide bonds. The lowest BCUT2D eigenvalue weighted by Crippen LogP contribution is -2.51. The van der Waals surface area contributed by atoms with E-state index in [1.807, 2.05) is 13.8 Å². The van der Waals surface area contributed by atoms with Crippen molar-refractivity contribution in [3.05, 3.63) is 0 Å². The number of amides is 1. The number of rotatable bonds is 17. The molecule has 0 aliphatic heterocycles. The molecule has 0 aromatic carbocycles. The van der Waals surface area contributed by atoms with Gasteiger partial charge in [-0.05, 0) is 66.2 Å². The summed E-state index contributed by atoms with van der Waals surface area (Å²) < 4.78 is 11.4. The van der Waals surface area contributed by atoms with Crippen molar-refractivity contribution in [3.8, 4) is 0 Å². The van der Waals surface area contributed by atoms with E-state index < -0.39 is 12.3 Å². The van der Waals surface area contributed by atoms with Crippen LogP contribution in [-0.2, 0) is 14.3 Å². The number of carbonyl (C=O) groups is 1. The maximum Gasteiger partial charge on any atom is 0.237 e. The summed E-state index contributed by atoms with van der Waals surface area (Å²) >= 11 is 0. The highest BCUT2D eigenvalue weighted by molar-refractivity contribution is 5.81. The number of carbonyl (C=O) groups excluding carboxylic acids is 1. The Kier molecular flexibility index (Phi) is 16.2. The predicted molar refractivity (Wildman–Crippen MR) is 119 cm³/mol. The van der Waals surface area contributed by atoms with Crippen LogP contribution in [0.2, 0.25) is 0 Å². The van der Waals surface area contributed by atoms with E-state index in [1.165, 1.54) is 0 Å². The smallest absolute Gasteiger partial charge is 0.237 e. The number of amidine groups is 2. The van der Waals surface area contributed by atoms with Gasteiger partial charge in [-0.1, -0.05) is 0 Å². The Morgan fingerprint density at radius 2 is 1.38 bits per heavy atom. The lowest BCUT2D eigenvalue weighted by atomic mass is 10.1. The van der Waals surface area contributed by atoms with Gasteiger partial charge < -0.3 is 32.0 Å².